The summed E-state index contributed by atoms with van der Waals surface area (Å²) in [5.74, 6) is -1.32. The summed E-state index contributed by atoms with van der Waals surface area (Å²) in [5, 5.41) is 14.5. The van der Waals surface area contributed by atoms with Crippen molar-refractivity contribution in [3.05, 3.63) is 44.8 Å². The molecule has 11 nitrogen and oxygen atoms in total. The summed E-state index contributed by atoms with van der Waals surface area (Å²) in [4.78, 5) is 35.1. The first kappa shape index (κ1) is 24.6. The number of nitrogens with one attached hydrogen (secondary N) is 1. The van der Waals surface area contributed by atoms with E-state index in [9.17, 15) is 28.1 Å². The Balaban J connectivity index is 1.69. The predicted octanol–water partition coefficient (Wildman–Crippen LogP) is 2.94. The van der Waals surface area contributed by atoms with Crippen LogP contribution < -0.4 is 10.1 Å². The molecule has 0 radical (unpaired) electrons. The molecule has 1 saturated heterocycles. The number of hydrogen-bond donors (Lipinski definition) is 1. The number of nitro groups is 1. The van der Waals surface area contributed by atoms with E-state index in [1.807, 2.05) is 0 Å². The summed E-state index contributed by atoms with van der Waals surface area (Å²) in [5.41, 5.74) is 0.0831. The van der Waals surface area contributed by atoms with E-state index < -0.39 is 39.1 Å². The number of hydrogen-bond acceptors (Lipinski definition) is 9. The second-order valence-electron chi connectivity index (χ2n) is 7.18. The standard InChI is InChI=1S/C20H23N3O8S2/c1-3-30-20(25)19-13(2)10-18(32-19)21-17(24)12-31-16-7-6-14(11-15(16)23(26)27)33(28,29)22-8-4-5-9-22/h6-7,10-11H,3-5,8-9,12H2,1-2H3,(H,21,24). The zero-order valence-corrected chi connectivity index (χ0v) is 19.7. The number of carbonyl (C=O) groups is 2. The molecule has 1 fully saturated rings. The number of rotatable bonds is 9. The quantitative estimate of drug-likeness (QED) is 0.316. The summed E-state index contributed by atoms with van der Waals surface area (Å²) in [6, 6.07) is 4.94. The third-order valence-corrected chi connectivity index (χ3v) is 7.86. The molecule has 33 heavy (non-hydrogen) atoms. The van der Waals surface area contributed by atoms with E-state index >= 15 is 0 Å². The smallest absolute Gasteiger partial charge is 0.348 e. The van der Waals surface area contributed by atoms with Crippen LogP contribution in [0.4, 0.5) is 10.7 Å². The molecule has 1 amide bonds. The van der Waals surface area contributed by atoms with Gasteiger partial charge in [0, 0.05) is 19.2 Å². The van der Waals surface area contributed by atoms with Crippen LogP contribution in [-0.4, -0.2) is 55.8 Å². The molecule has 1 aliphatic heterocycles. The largest absolute Gasteiger partial charge is 0.477 e. The van der Waals surface area contributed by atoms with Gasteiger partial charge in [0.25, 0.3) is 5.91 Å². The Morgan fingerprint density at radius 2 is 1.94 bits per heavy atom. The van der Waals surface area contributed by atoms with Crippen molar-refractivity contribution in [1.29, 1.82) is 0 Å². The summed E-state index contributed by atoms with van der Waals surface area (Å²) in [7, 11) is -3.84. The second kappa shape index (κ2) is 10.3. The van der Waals surface area contributed by atoms with E-state index in [2.05, 4.69) is 5.32 Å². The highest BCUT2D eigenvalue weighted by atomic mass is 32.2. The zero-order valence-electron chi connectivity index (χ0n) is 18.0. The van der Waals surface area contributed by atoms with Crippen molar-refractivity contribution >= 4 is 43.9 Å². The number of ether oxygens (including phenoxy) is 2. The van der Waals surface area contributed by atoms with Gasteiger partial charge < -0.3 is 14.8 Å². The fraction of sp³-hybridized carbons (Fsp3) is 0.400. The number of sulfonamides is 1. The number of nitro benzene ring substituents is 1. The fourth-order valence-electron chi connectivity index (χ4n) is 3.26. The Kier molecular flexibility index (Phi) is 7.66. The SMILES string of the molecule is CCOC(=O)c1sc(NC(=O)COc2ccc(S(=O)(=O)N3CCCC3)cc2[N+](=O)[O-])cc1C. The van der Waals surface area contributed by atoms with Crippen LogP contribution in [0.2, 0.25) is 0 Å². The van der Waals surface area contributed by atoms with Gasteiger partial charge in [0.15, 0.2) is 12.4 Å². The van der Waals surface area contributed by atoms with E-state index in [0.717, 1.165) is 30.2 Å². The third-order valence-electron chi connectivity index (χ3n) is 4.83. The monoisotopic (exact) mass is 497 g/mol. The first-order chi connectivity index (χ1) is 15.6. The van der Waals surface area contributed by atoms with Gasteiger partial charge in [0.05, 0.1) is 21.4 Å². The van der Waals surface area contributed by atoms with Crippen molar-refractivity contribution in [3.8, 4) is 5.75 Å². The van der Waals surface area contributed by atoms with Crippen LogP contribution in [0.3, 0.4) is 0 Å². The molecule has 3 rings (SSSR count). The Bertz CT molecular complexity index is 1170. The molecule has 13 heteroatoms. The van der Waals surface area contributed by atoms with Crippen molar-refractivity contribution in [2.45, 2.75) is 31.6 Å². The van der Waals surface area contributed by atoms with Crippen LogP contribution in [-0.2, 0) is 19.6 Å². The maximum Gasteiger partial charge on any atom is 0.348 e. The lowest BCUT2D eigenvalue weighted by molar-refractivity contribution is -0.386. The van der Waals surface area contributed by atoms with Crippen LogP contribution in [0.15, 0.2) is 29.2 Å². The van der Waals surface area contributed by atoms with Gasteiger partial charge in [-0.3, -0.25) is 14.9 Å². The number of esters is 1. The number of nitrogens with zero attached hydrogens (tertiary/aromatic N) is 2. The lowest BCUT2D eigenvalue weighted by atomic mass is 10.3. The van der Waals surface area contributed by atoms with Crippen molar-refractivity contribution in [2.75, 3.05) is 31.6 Å². The van der Waals surface area contributed by atoms with Gasteiger partial charge in [-0.05, 0) is 50.5 Å². The molecule has 1 N–H and O–H groups in total. The molecule has 2 aromatic rings. The Morgan fingerprint density at radius 1 is 1.24 bits per heavy atom. The minimum atomic E-state index is -3.84. The Hall–Kier alpha value is -3.03. The topological polar surface area (TPSA) is 145 Å². The molecule has 0 spiro atoms. The summed E-state index contributed by atoms with van der Waals surface area (Å²) in [6.07, 6.45) is 1.48. The van der Waals surface area contributed by atoms with Crippen LogP contribution in [0.25, 0.3) is 0 Å². The molecule has 0 saturated carbocycles. The number of aryl methyl sites for hydroxylation is 1. The van der Waals surface area contributed by atoms with E-state index in [4.69, 9.17) is 9.47 Å². The normalized spacial score (nSPS) is 14.1. The number of amides is 1. The maximum atomic E-state index is 12.7. The minimum Gasteiger partial charge on any atom is -0.477 e. The van der Waals surface area contributed by atoms with E-state index in [-0.39, 0.29) is 17.3 Å². The maximum absolute atomic E-state index is 12.7. The van der Waals surface area contributed by atoms with Gasteiger partial charge in [-0.1, -0.05) is 0 Å². The second-order valence-corrected chi connectivity index (χ2v) is 10.2. The molecule has 0 aliphatic carbocycles. The van der Waals surface area contributed by atoms with E-state index in [0.29, 0.717) is 28.5 Å². The van der Waals surface area contributed by atoms with Gasteiger partial charge in [0.2, 0.25) is 10.0 Å². The molecule has 1 aliphatic rings. The molecule has 178 valence electrons. The predicted molar refractivity (Wildman–Crippen MR) is 120 cm³/mol. The lowest BCUT2D eigenvalue weighted by Gasteiger charge is -2.15. The van der Waals surface area contributed by atoms with Gasteiger partial charge in [-0.15, -0.1) is 11.3 Å². The average Bonchev–Trinajstić information content (AvgIpc) is 3.42. The molecule has 1 aromatic carbocycles. The van der Waals surface area contributed by atoms with Crippen LogP contribution in [0.1, 0.15) is 35.0 Å². The van der Waals surface area contributed by atoms with Crippen LogP contribution >= 0.6 is 11.3 Å². The highest BCUT2D eigenvalue weighted by Gasteiger charge is 2.30. The minimum absolute atomic E-state index is 0.201. The summed E-state index contributed by atoms with van der Waals surface area (Å²) >= 11 is 1.04. The number of anilines is 1. The highest BCUT2D eigenvalue weighted by Crippen LogP contribution is 2.32. The molecule has 1 aromatic heterocycles. The molecular formula is C20H23N3O8S2. The van der Waals surface area contributed by atoms with Crippen molar-refractivity contribution in [2.24, 2.45) is 0 Å². The fourth-order valence-corrected chi connectivity index (χ4v) is 5.78. The van der Waals surface area contributed by atoms with Gasteiger partial charge in [0.1, 0.15) is 4.88 Å². The summed E-state index contributed by atoms with van der Waals surface area (Å²) in [6.45, 7) is 3.81. The Morgan fingerprint density at radius 3 is 2.58 bits per heavy atom. The average molecular weight is 498 g/mol. The van der Waals surface area contributed by atoms with E-state index in [1.54, 1.807) is 19.9 Å². The number of thiophene rings is 1. The van der Waals surface area contributed by atoms with Crippen molar-refractivity contribution < 1.29 is 32.4 Å². The van der Waals surface area contributed by atoms with Crippen molar-refractivity contribution in [1.82, 2.24) is 4.31 Å². The highest BCUT2D eigenvalue weighted by molar-refractivity contribution is 7.89. The molecule has 2 heterocycles. The molecule has 0 atom stereocenters. The van der Waals surface area contributed by atoms with Crippen molar-refractivity contribution in [3.63, 3.8) is 0 Å². The first-order valence-electron chi connectivity index (χ1n) is 10.1. The zero-order chi connectivity index (χ0) is 24.2. The van der Waals surface area contributed by atoms with Gasteiger partial charge >= 0.3 is 11.7 Å². The number of carbonyl (C=O) groups excluding carboxylic acids is 2. The van der Waals surface area contributed by atoms with Crippen LogP contribution in [0, 0.1) is 17.0 Å². The Labute approximate surface area is 194 Å². The van der Waals surface area contributed by atoms with Gasteiger partial charge in [-0.2, -0.15) is 4.31 Å². The molecule has 0 bridgehead atoms. The van der Waals surface area contributed by atoms with Crippen LogP contribution in [0.5, 0.6) is 5.75 Å². The first-order valence-corrected chi connectivity index (χ1v) is 12.4. The lowest BCUT2D eigenvalue weighted by Crippen LogP contribution is -2.28. The molecule has 0 unspecified atom stereocenters. The van der Waals surface area contributed by atoms with Gasteiger partial charge in [-0.25, -0.2) is 13.2 Å². The summed E-state index contributed by atoms with van der Waals surface area (Å²) < 4.78 is 36.9. The number of benzene rings is 1. The molecular weight excluding hydrogens is 474 g/mol. The third kappa shape index (κ3) is 5.67. The van der Waals surface area contributed by atoms with E-state index in [1.165, 1.54) is 16.4 Å².